The summed E-state index contributed by atoms with van der Waals surface area (Å²) in [6.45, 7) is 5.71. The summed E-state index contributed by atoms with van der Waals surface area (Å²) in [5.41, 5.74) is 0. The summed E-state index contributed by atoms with van der Waals surface area (Å²) in [7, 11) is 0. The number of ether oxygens (including phenoxy) is 5. The quantitative estimate of drug-likeness (QED) is 0.0228. The van der Waals surface area contributed by atoms with Gasteiger partial charge in [-0.3, -0.25) is 14.4 Å². The average molecular weight is 1210 g/mol. The molecule has 12 nitrogen and oxygen atoms in total. The van der Waals surface area contributed by atoms with E-state index >= 15 is 0 Å². The first-order valence-corrected chi connectivity index (χ1v) is 34.2. The Kier molecular flexibility index (Phi) is 56.1. The van der Waals surface area contributed by atoms with Gasteiger partial charge >= 0.3 is 23.9 Å². The highest BCUT2D eigenvalue weighted by atomic mass is 16.7. The maximum atomic E-state index is 13.2. The van der Waals surface area contributed by atoms with Crippen molar-refractivity contribution in [1.29, 1.82) is 0 Å². The predicted molar refractivity (Wildman–Crippen MR) is 358 cm³/mol. The monoisotopic (exact) mass is 1210 g/mol. The normalized spacial score (nSPS) is 18.2. The number of carboxylic acids is 1. The number of carboxylic acid groups (broad SMARTS) is 1. The molecule has 1 heterocycles. The molecule has 87 heavy (non-hydrogen) atoms. The fraction of sp³-hybridized carbons (Fsp3) is 0.653. The van der Waals surface area contributed by atoms with Crippen molar-refractivity contribution >= 4 is 23.9 Å². The van der Waals surface area contributed by atoms with Crippen molar-refractivity contribution in [2.24, 2.45) is 0 Å². The van der Waals surface area contributed by atoms with Crippen LogP contribution in [-0.2, 0) is 42.9 Å². The molecule has 1 rings (SSSR count). The molecule has 0 bridgehead atoms. The summed E-state index contributed by atoms with van der Waals surface area (Å²) in [5.74, 6) is -3.26. The van der Waals surface area contributed by atoms with Crippen molar-refractivity contribution in [3.63, 3.8) is 0 Å². The molecular weight excluding hydrogens is 1090 g/mol. The lowest BCUT2D eigenvalue weighted by molar-refractivity contribution is -0.301. The topological polar surface area (TPSA) is 175 Å². The van der Waals surface area contributed by atoms with Crippen molar-refractivity contribution < 1.29 is 58.2 Å². The molecule has 0 amide bonds. The van der Waals surface area contributed by atoms with E-state index in [4.69, 9.17) is 23.7 Å². The van der Waals surface area contributed by atoms with E-state index in [1.807, 2.05) is 12.2 Å². The summed E-state index contributed by atoms with van der Waals surface area (Å²) in [4.78, 5) is 51.4. The lowest BCUT2D eigenvalue weighted by Crippen LogP contribution is -2.61. The van der Waals surface area contributed by atoms with E-state index in [1.165, 1.54) is 70.6 Å². The Morgan fingerprint density at radius 1 is 0.391 bits per heavy atom. The van der Waals surface area contributed by atoms with E-state index in [1.54, 1.807) is 0 Å². The summed E-state index contributed by atoms with van der Waals surface area (Å²) in [6, 6.07) is 0. The Bertz CT molecular complexity index is 2020. The Morgan fingerprint density at radius 3 is 1.16 bits per heavy atom. The second-order valence-electron chi connectivity index (χ2n) is 22.7. The number of carbonyl (C=O) groups is 4. The van der Waals surface area contributed by atoms with Crippen LogP contribution in [0.4, 0.5) is 0 Å². The maximum Gasteiger partial charge on any atom is 0.335 e. The minimum atomic E-state index is -1.92. The fourth-order valence-electron chi connectivity index (χ4n) is 9.56. The Morgan fingerprint density at radius 2 is 0.747 bits per heavy atom. The molecule has 0 aliphatic carbocycles. The lowest BCUT2D eigenvalue weighted by Gasteiger charge is -2.40. The van der Waals surface area contributed by atoms with Gasteiger partial charge in [-0.25, -0.2) is 4.79 Å². The van der Waals surface area contributed by atoms with Crippen molar-refractivity contribution in [1.82, 2.24) is 0 Å². The van der Waals surface area contributed by atoms with Crippen LogP contribution in [0.1, 0.15) is 265 Å². The molecule has 0 saturated carbocycles. The number of esters is 3. The molecule has 492 valence electrons. The van der Waals surface area contributed by atoms with Crippen LogP contribution in [0.2, 0.25) is 0 Å². The van der Waals surface area contributed by atoms with Gasteiger partial charge < -0.3 is 39.0 Å². The number of aliphatic carboxylic acids is 1. The zero-order valence-corrected chi connectivity index (χ0v) is 54.5. The molecule has 0 aromatic rings. The summed E-state index contributed by atoms with van der Waals surface area (Å²) >= 11 is 0. The van der Waals surface area contributed by atoms with Crippen LogP contribution in [-0.4, -0.2) is 89.2 Å². The van der Waals surface area contributed by atoms with Gasteiger partial charge in [-0.15, -0.1) is 0 Å². The van der Waals surface area contributed by atoms with Crippen LogP contribution >= 0.6 is 0 Å². The number of unbranched alkanes of at least 4 members (excludes halogenated alkanes) is 21. The first-order chi connectivity index (χ1) is 42.6. The van der Waals surface area contributed by atoms with Gasteiger partial charge in [-0.1, -0.05) is 257 Å². The van der Waals surface area contributed by atoms with E-state index in [0.29, 0.717) is 19.3 Å². The van der Waals surface area contributed by atoms with Crippen LogP contribution in [0.25, 0.3) is 0 Å². The van der Waals surface area contributed by atoms with Gasteiger partial charge in [0, 0.05) is 19.3 Å². The highest BCUT2D eigenvalue weighted by Crippen LogP contribution is 2.27. The second-order valence-corrected chi connectivity index (χ2v) is 22.7. The molecule has 1 saturated heterocycles. The number of hydrogen-bond acceptors (Lipinski definition) is 11. The largest absolute Gasteiger partial charge is 0.479 e. The fourth-order valence-corrected chi connectivity index (χ4v) is 9.56. The van der Waals surface area contributed by atoms with E-state index < -0.39 is 67.3 Å². The number of hydrogen-bond donors (Lipinski definition) is 3. The van der Waals surface area contributed by atoms with E-state index in [9.17, 15) is 34.5 Å². The van der Waals surface area contributed by atoms with Gasteiger partial charge in [0.1, 0.15) is 18.8 Å². The molecule has 0 aromatic carbocycles. The number of aliphatic hydroxyl groups excluding tert-OH is 2. The van der Waals surface area contributed by atoms with Crippen molar-refractivity contribution in [3.8, 4) is 0 Å². The predicted octanol–water partition coefficient (Wildman–Crippen LogP) is 18.9. The number of aliphatic hydroxyl groups is 2. The maximum absolute atomic E-state index is 13.2. The second kappa shape index (κ2) is 61.1. The minimum Gasteiger partial charge on any atom is -0.479 e. The number of carbonyl (C=O) groups excluding carboxylic acids is 3. The molecule has 3 N–H and O–H groups in total. The molecule has 6 unspecified atom stereocenters. The van der Waals surface area contributed by atoms with Gasteiger partial charge in [-0.05, 0) is 122 Å². The zero-order valence-electron chi connectivity index (χ0n) is 54.5. The molecule has 6 atom stereocenters. The number of allylic oxidation sites excluding steroid dienone is 22. The van der Waals surface area contributed by atoms with Gasteiger partial charge in [0.2, 0.25) is 0 Å². The Hall–Kier alpha value is -5.14. The van der Waals surface area contributed by atoms with E-state index in [-0.39, 0.29) is 25.9 Å². The van der Waals surface area contributed by atoms with E-state index in [2.05, 4.69) is 142 Å². The third-order valence-electron chi connectivity index (χ3n) is 14.7. The summed E-state index contributed by atoms with van der Waals surface area (Å²) in [5, 5.41) is 31.7. The molecule has 0 spiro atoms. The molecule has 0 aromatic heterocycles. The van der Waals surface area contributed by atoms with Gasteiger partial charge in [0.05, 0.1) is 6.61 Å². The first kappa shape index (κ1) is 79.9. The highest BCUT2D eigenvalue weighted by molar-refractivity contribution is 5.74. The SMILES string of the molecule is CC/C=C\C/C=C\C/C=C\C/C=C\C/C=C\C/C=C\CCC(=O)OCC(COC1OC(C(=O)O)C(O)C(O)C1OC(=O)CCCCCCCCCCC/C=C\CCCCCCCC)OC(=O)CCCCCCCC/C=C\C/C=C\C/C=C\C/C=C\CC. The van der Waals surface area contributed by atoms with Gasteiger partial charge in [0.25, 0.3) is 0 Å². The third-order valence-corrected chi connectivity index (χ3v) is 14.7. The first-order valence-electron chi connectivity index (χ1n) is 34.2. The summed E-state index contributed by atoms with van der Waals surface area (Å²) < 4.78 is 28.5. The minimum absolute atomic E-state index is 0.0432. The molecule has 1 fully saturated rings. The van der Waals surface area contributed by atoms with E-state index in [0.717, 1.165) is 135 Å². The number of rotatable bonds is 57. The van der Waals surface area contributed by atoms with Gasteiger partial charge in [0.15, 0.2) is 24.6 Å². The van der Waals surface area contributed by atoms with Crippen LogP contribution in [0.3, 0.4) is 0 Å². The lowest BCUT2D eigenvalue weighted by atomic mass is 9.98. The van der Waals surface area contributed by atoms with Crippen molar-refractivity contribution in [3.05, 3.63) is 134 Å². The average Bonchev–Trinajstić information content (AvgIpc) is 2.56. The smallest absolute Gasteiger partial charge is 0.335 e. The van der Waals surface area contributed by atoms with Crippen LogP contribution in [0.15, 0.2) is 134 Å². The zero-order chi connectivity index (χ0) is 63.1. The van der Waals surface area contributed by atoms with Crippen LogP contribution in [0, 0.1) is 0 Å². The van der Waals surface area contributed by atoms with Crippen molar-refractivity contribution in [2.75, 3.05) is 13.2 Å². The Balaban J connectivity index is 2.71. The molecular formula is C75H120O12. The van der Waals surface area contributed by atoms with Crippen LogP contribution < -0.4 is 0 Å². The van der Waals surface area contributed by atoms with Crippen molar-refractivity contribution in [2.45, 2.75) is 302 Å². The highest BCUT2D eigenvalue weighted by Gasteiger charge is 2.50. The Labute approximate surface area is 528 Å². The summed E-state index contributed by atoms with van der Waals surface area (Å²) in [6.07, 6.45) is 74.1. The van der Waals surface area contributed by atoms with Gasteiger partial charge in [-0.2, -0.15) is 0 Å². The standard InChI is InChI=1S/C75H120O12/c1-4-7-10-13-16-19-22-25-28-31-34-37-40-43-46-49-52-55-58-61-67(76)83-64-66(85-68(77)62-59-56-53-50-47-44-41-38-35-32-29-26-23-20-17-14-11-8-5-2)65-84-75-73(71(80)70(79)72(87-75)74(81)82)86-69(78)63-60-57-54-51-48-45-42-39-36-33-30-27-24-21-18-15-12-9-6-3/h7-8,10-11,16-17,19-20,25-30,34-35,37-38,43,46,52,55,66,70-73,75,79-80H,4-6,9,12-15,18,21-24,31-33,36,39-42,44-45,47-51,53-54,56-65H2,1-3H3,(H,81,82)/b10-7-,11-8-,19-16-,20-17-,28-25-,29-26-,30-27-,37-34-,38-35-,46-43-,55-52-. The molecule has 1 aliphatic rings. The molecule has 12 heteroatoms. The molecule has 0 radical (unpaired) electrons. The third kappa shape index (κ3) is 50.4. The molecule has 1 aliphatic heterocycles. The van der Waals surface area contributed by atoms with Crippen LogP contribution in [0.5, 0.6) is 0 Å².